The van der Waals surface area contributed by atoms with Gasteiger partial charge in [0.2, 0.25) is 5.91 Å². The maximum atomic E-state index is 11.8. The van der Waals surface area contributed by atoms with Gasteiger partial charge < -0.3 is 15.5 Å². The van der Waals surface area contributed by atoms with Gasteiger partial charge in [0.25, 0.3) is 0 Å². The van der Waals surface area contributed by atoms with E-state index >= 15 is 0 Å². The minimum absolute atomic E-state index is 0.0285. The van der Waals surface area contributed by atoms with E-state index < -0.39 is 0 Å². The summed E-state index contributed by atoms with van der Waals surface area (Å²) in [5.41, 5.74) is -0.0285. The number of urea groups is 1. The molecule has 2 N–H and O–H groups in total. The number of piperidine rings is 1. The Hall–Kier alpha value is -1.30. The Morgan fingerprint density at radius 3 is 2.70 bits per heavy atom. The molecule has 3 heterocycles. The van der Waals surface area contributed by atoms with Crippen LogP contribution in [0.2, 0.25) is 0 Å². The van der Waals surface area contributed by atoms with Crippen LogP contribution in [0.4, 0.5) is 4.79 Å². The molecule has 0 aliphatic carbocycles. The number of nitrogens with one attached hydrogen (secondary N) is 2. The predicted octanol–water partition coefficient (Wildman–Crippen LogP) is 0.000600. The van der Waals surface area contributed by atoms with E-state index in [-0.39, 0.29) is 11.6 Å². The van der Waals surface area contributed by atoms with Crippen LogP contribution >= 0.6 is 0 Å². The monoisotopic (exact) mass is 280 g/mol. The fourth-order valence-electron chi connectivity index (χ4n) is 3.66. The molecule has 0 aromatic heterocycles. The first kappa shape index (κ1) is 13.7. The molecular formula is C14H24N4O2. The molecule has 3 amide bonds. The zero-order valence-corrected chi connectivity index (χ0v) is 12.3. The van der Waals surface area contributed by atoms with E-state index in [1.807, 2.05) is 4.90 Å². The van der Waals surface area contributed by atoms with Crippen LogP contribution in [0.25, 0.3) is 0 Å². The molecule has 6 heteroatoms. The van der Waals surface area contributed by atoms with E-state index in [0.29, 0.717) is 24.3 Å². The summed E-state index contributed by atoms with van der Waals surface area (Å²) in [5.74, 6) is 0.862. The second kappa shape index (κ2) is 4.91. The van der Waals surface area contributed by atoms with Gasteiger partial charge in [-0.3, -0.25) is 9.69 Å². The van der Waals surface area contributed by atoms with Crippen molar-refractivity contribution in [2.45, 2.75) is 38.3 Å². The largest absolute Gasteiger partial charge is 0.340 e. The summed E-state index contributed by atoms with van der Waals surface area (Å²) in [6.45, 7) is 8.68. The van der Waals surface area contributed by atoms with Gasteiger partial charge in [0.05, 0.1) is 5.54 Å². The van der Waals surface area contributed by atoms with E-state index in [0.717, 1.165) is 39.1 Å². The zero-order valence-electron chi connectivity index (χ0n) is 12.3. The van der Waals surface area contributed by atoms with Crippen molar-refractivity contribution in [2.75, 3.05) is 32.7 Å². The molecule has 0 saturated carbocycles. The highest BCUT2D eigenvalue weighted by atomic mass is 16.2. The minimum atomic E-state index is -0.0427. The Labute approximate surface area is 119 Å². The van der Waals surface area contributed by atoms with Crippen molar-refractivity contribution in [2.24, 2.45) is 5.92 Å². The molecule has 3 saturated heterocycles. The number of amides is 3. The summed E-state index contributed by atoms with van der Waals surface area (Å²) in [7, 11) is 0. The molecule has 0 bridgehead atoms. The molecule has 1 atom stereocenters. The highest BCUT2D eigenvalue weighted by Crippen LogP contribution is 2.27. The predicted molar refractivity (Wildman–Crippen MR) is 75.3 cm³/mol. The van der Waals surface area contributed by atoms with Crippen molar-refractivity contribution >= 4 is 11.9 Å². The first-order valence-electron chi connectivity index (χ1n) is 7.55. The standard InChI is InChI=1S/C14H24N4O2/c1-10(2)18-6-11(3-4-12(18)19)5-17-8-14(9-17)7-15-13(20)16-14/h10-11H,3-9H2,1-2H3,(H2,15,16,20). The van der Waals surface area contributed by atoms with E-state index in [4.69, 9.17) is 0 Å². The summed E-state index contributed by atoms with van der Waals surface area (Å²) in [5, 5.41) is 5.85. The van der Waals surface area contributed by atoms with Gasteiger partial charge in [0.15, 0.2) is 0 Å². The van der Waals surface area contributed by atoms with Crippen LogP contribution in [-0.2, 0) is 4.79 Å². The van der Waals surface area contributed by atoms with Crippen LogP contribution in [-0.4, -0.2) is 66.0 Å². The summed E-state index contributed by atoms with van der Waals surface area (Å²) in [6.07, 6.45) is 1.68. The lowest BCUT2D eigenvalue weighted by Crippen LogP contribution is -2.69. The van der Waals surface area contributed by atoms with Gasteiger partial charge in [-0.15, -0.1) is 0 Å². The van der Waals surface area contributed by atoms with E-state index in [1.54, 1.807) is 0 Å². The third kappa shape index (κ3) is 2.49. The van der Waals surface area contributed by atoms with Gasteiger partial charge >= 0.3 is 6.03 Å². The summed E-state index contributed by atoms with van der Waals surface area (Å²) in [6, 6.07) is 0.255. The molecule has 1 unspecified atom stereocenters. The van der Waals surface area contributed by atoms with Gasteiger partial charge in [0.1, 0.15) is 0 Å². The number of rotatable bonds is 3. The second-order valence-electron chi connectivity index (χ2n) is 6.80. The molecule has 0 aromatic rings. The lowest BCUT2D eigenvalue weighted by molar-refractivity contribution is -0.137. The van der Waals surface area contributed by atoms with Crippen molar-refractivity contribution < 1.29 is 9.59 Å². The molecule has 0 radical (unpaired) electrons. The molecule has 1 spiro atoms. The van der Waals surface area contributed by atoms with E-state index in [1.165, 1.54) is 0 Å². The maximum absolute atomic E-state index is 11.8. The Kier molecular flexibility index (Phi) is 3.36. The lowest BCUT2D eigenvalue weighted by atomic mass is 9.88. The Balaban J connectivity index is 1.48. The molecule has 0 aromatic carbocycles. The highest BCUT2D eigenvalue weighted by Gasteiger charge is 2.48. The average molecular weight is 280 g/mol. The van der Waals surface area contributed by atoms with Crippen LogP contribution in [0.1, 0.15) is 26.7 Å². The number of likely N-dealkylation sites (tertiary alicyclic amines) is 2. The summed E-state index contributed by atoms with van der Waals surface area (Å²) < 4.78 is 0. The van der Waals surface area contributed by atoms with Crippen LogP contribution in [0.15, 0.2) is 0 Å². The van der Waals surface area contributed by atoms with Crippen molar-refractivity contribution in [1.29, 1.82) is 0 Å². The van der Waals surface area contributed by atoms with Gasteiger partial charge in [-0.1, -0.05) is 0 Å². The Bertz CT molecular complexity index is 417. The molecule has 20 heavy (non-hydrogen) atoms. The van der Waals surface area contributed by atoms with Gasteiger partial charge in [-0.05, 0) is 26.2 Å². The topological polar surface area (TPSA) is 64.7 Å². The normalized spacial score (nSPS) is 29.6. The fourth-order valence-corrected chi connectivity index (χ4v) is 3.66. The zero-order chi connectivity index (χ0) is 14.3. The summed E-state index contributed by atoms with van der Waals surface area (Å²) >= 11 is 0. The van der Waals surface area contributed by atoms with Crippen molar-refractivity contribution in [1.82, 2.24) is 20.4 Å². The number of nitrogens with zero attached hydrogens (tertiary/aromatic N) is 2. The molecule has 112 valence electrons. The first-order valence-corrected chi connectivity index (χ1v) is 7.55. The number of hydrogen-bond acceptors (Lipinski definition) is 3. The van der Waals surface area contributed by atoms with Crippen molar-refractivity contribution in [3.05, 3.63) is 0 Å². The van der Waals surface area contributed by atoms with E-state index in [9.17, 15) is 9.59 Å². The SMILES string of the molecule is CC(C)N1CC(CN2CC3(CNC(=O)N3)C2)CCC1=O. The maximum Gasteiger partial charge on any atom is 0.315 e. The highest BCUT2D eigenvalue weighted by molar-refractivity contribution is 5.78. The molecule has 3 rings (SSSR count). The van der Waals surface area contributed by atoms with E-state index in [2.05, 4.69) is 29.4 Å². The van der Waals surface area contributed by atoms with Crippen LogP contribution in [0.5, 0.6) is 0 Å². The molecular weight excluding hydrogens is 256 g/mol. The molecule has 3 fully saturated rings. The average Bonchev–Trinajstić information content (AvgIpc) is 2.73. The van der Waals surface area contributed by atoms with Crippen molar-refractivity contribution in [3.8, 4) is 0 Å². The number of carbonyl (C=O) groups is 2. The van der Waals surface area contributed by atoms with Crippen molar-refractivity contribution in [3.63, 3.8) is 0 Å². The van der Waals surface area contributed by atoms with Crippen LogP contribution < -0.4 is 10.6 Å². The number of hydrogen-bond donors (Lipinski definition) is 2. The first-order chi connectivity index (χ1) is 9.47. The third-order valence-corrected chi connectivity index (χ3v) is 4.70. The van der Waals surface area contributed by atoms with Crippen LogP contribution in [0, 0.1) is 5.92 Å². The van der Waals surface area contributed by atoms with Gasteiger partial charge in [-0.2, -0.15) is 0 Å². The van der Waals surface area contributed by atoms with Gasteiger partial charge in [-0.25, -0.2) is 4.79 Å². The fraction of sp³-hybridized carbons (Fsp3) is 0.857. The second-order valence-corrected chi connectivity index (χ2v) is 6.80. The summed E-state index contributed by atoms with van der Waals surface area (Å²) in [4.78, 5) is 27.5. The Morgan fingerprint density at radius 1 is 1.35 bits per heavy atom. The third-order valence-electron chi connectivity index (χ3n) is 4.70. The quantitative estimate of drug-likeness (QED) is 0.765. The molecule has 3 aliphatic heterocycles. The molecule has 3 aliphatic rings. The van der Waals surface area contributed by atoms with Crippen LogP contribution in [0.3, 0.4) is 0 Å². The minimum Gasteiger partial charge on any atom is -0.340 e. The number of carbonyl (C=O) groups excluding carboxylic acids is 2. The Morgan fingerprint density at radius 2 is 2.10 bits per heavy atom. The smallest absolute Gasteiger partial charge is 0.315 e. The lowest BCUT2D eigenvalue weighted by Gasteiger charge is -2.49. The van der Waals surface area contributed by atoms with Gasteiger partial charge in [0, 0.05) is 45.2 Å². The molecule has 6 nitrogen and oxygen atoms in total.